The van der Waals surface area contributed by atoms with Gasteiger partial charge >= 0.3 is 5.97 Å². The first-order chi connectivity index (χ1) is 11.9. The molecular formula is C16H15FN4O3S. The topological polar surface area (TPSA) is 85.6 Å². The number of imidazole rings is 1. The van der Waals surface area contributed by atoms with Crippen LogP contribution in [0.2, 0.25) is 0 Å². The highest BCUT2D eigenvalue weighted by atomic mass is 32.1. The first-order valence-electron chi connectivity index (χ1n) is 7.50. The standard InChI is InChI=1S/C16H15FN4O3S/c1-4-24-15(23)13-9(3)19-16(25-13)20-14(22)12-8(2)18-11-6-5-10(17)7-21(11)12/h5-7H,4H2,1-3H3,(H,19,20,22). The number of aromatic nitrogens is 3. The second-order valence-corrected chi connectivity index (χ2v) is 6.23. The largest absolute Gasteiger partial charge is 0.462 e. The number of halogens is 1. The van der Waals surface area contributed by atoms with Gasteiger partial charge in [-0.3, -0.25) is 14.5 Å². The molecule has 3 heterocycles. The summed E-state index contributed by atoms with van der Waals surface area (Å²) in [7, 11) is 0. The maximum Gasteiger partial charge on any atom is 0.350 e. The number of carbonyl (C=O) groups excluding carboxylic acids is 2. The average Bonchev–Trinajstić information content (AvgIpc) is 3.06. The van der Waals surface area contributed by atoms with Crippen LogP contribution in [0, 0.1) is 19.7 Å². The zero-order chi connectivity index (χ0) is 18.1. The number of rotatable bonds is 4. The molecule has 0 aliphatic heterocycles. The minimum atomic E-state index is -0.486. The molecule has 0 aliphatic rings. The molecule has 9 heteroatoms. The average molecular weight is 362 g/mol. The highest BCUT2D eigenvalue weighted by Gasteiger charge is 2.21. The minimum Gasteiger partial charge on any atom is -0.462 e. The molecule has 0 saturated heterocycles. The van der Waals surface area contributed by atoms with E-state index in [2.05, 4.69) is 15.3 Å². The Morgan fingerprint density at radius 3 is 2.76 bits per heavy atom. The van der Waals surface area contributed by atoms with E-state index < -0.39 is 17.7 Å². The third kappa shape index (κ3) is 3.22. The van der Waals surface area contributed by atoms with E-state index in [4.69, 9.17) is 4.74 Å². The molecule has 0 atom stereocenters. The van der Waals surface area contributed by atoms with Crippen molar-refractivity contribution < 1.29 is 18.7 Å². The van der Waals surface area contributed by atoms with E-state index in [9.17, 15) is 14.0 Å². The van der Waals surface area contributed by atoms with Gasteiger partial charge in [0.1, 0.15) is 22.0 Å². The van der Waals surface area contributed by atoms with Crippen LogP contribution < -0.4 is 5.32 Å². The third-order valence-electron chi connectivity index (χ3n) is 3.45. The molecule has 0 aromatic carbocycles. The lowest BCUT2D eigenvalue weighted by Crippen LogP contribution is -2.15. The molecule has 1 amide bonds. The fraction of sp³-hybridized carbons (Fsp3) is 0.250. The van der Waals surface area contributed by atoms with Gasteiger partial charge in [0.2, 0.25) is 0 Å². The molecule has 3 aromatic rings. The predicted molar refractivity (Wildman–Crippen MR) is 90.6 cm³/mol. The second-order valence-electron chi connectivity index (χ2n) is 5.23. The number of anilines is 1. The van der Waals surface area contributed by atoms with Gasteiger partial charge in [-0.25, -0.2) is 19.2 Å². The first-order valence-corrected chi connectivity index (χ1v) is 8.32. The van der Waals surface area contributed by atoms with E-state index in [-0.39, 0.29) is 17.4 Å². The van der Waals surface area contributed by atoms with Gasteiger partial charge in [0.05, 0.1) is 18.0 Å². The van der Waals surface area contributed by atoms with Gasteiger partial charge in [0, 0.05) is 6.20 Å². The Labute approximate surface area is 146 Å². The number of aryl methyl sites for hydroxylation is 2. The number of hydrogen-bond donors (Lipinski definition) is 1. The fourth-order valence-electron chi connectivity index (χ4n) is 2.40. The monoisotopic (exact) mass is 362 g/mol. The van der Waals surface area contributed by atoms with E-state index in [1.54, 1.807) is 20.8 Å². The Hall–Kier alpha value is -2.81. The second kappa shape index (κ2) is 6.60. The molecule has 0 unspecified atom stereocenters. The highest BCUT2D eigenvalue weighted by molar-refractivity contribution is 7.17. The quantitative estimate of drug-likeness (QED) is 0.721. The van der Waals surface area contributed by atoms with E-state index >= 15 is 0 Å². The molecule has 3 aromatic heterocycles. The van der Waals surface area contributed by atoms with Crippen LogP contribution in [-0.2, 0) is 4.74 Å². The number of hydrogen-bond acceptors (Lipinski definition) is 6. The van der Waals surface area contributed by atoms with Crippen LogP contribution in [0.4, 0.5) is 9.52 Å². The summed E-state index contributed by atoms with van der Waals surface area (Å²) < 4.78 is 19.8. The number of fused-ring (bicyclic) bond motifs is 1. The number of amides is 1. The number of esters is 1. The van der Waals surface area contributed by atoms with E-state index in [1.165, 1.54) is 22.7 Å². The Kier molecular flexibility index (Phi) is 4.49. The fourth-order valence-corrected chi connectivity index (χ4v) is 3.26. The van der Waals surface area contributed by atoms with Gasteiger partial charge in [-0.2, -0.15) is 0 Å². The molecule has 3 rings (SSSR count). The summed E-state index contributed by atoms with van der Waals surface area (Å²) in [5.41, 5.74) is 1.60. The van der Waals surface area contributed by atoms with Crippen LogP contribution >= 0.6 is 11.3 Å². The third-order valence-corrected chi connectivity index (χ3v) is 4.50. The van der Waals surface area contributed by atoms with Crippen molar-refractivity contribution in [2.24, 2.45) is 0 Å². The van der Waals surface area contributed by atoms with Crippen molar-refractivity contribution in [1.29, 1.82) is 0 Å². The molecule has 25 heavy (non-hydrogen) atoms. The molecule has 0 bridgehead atoms. The van der Waals surface area contributed by atoms with Crippen molar-refractivity contribution in [2.75, 3.05) is 11.9 Å². The summed E-state index contributed by atoms with van der Waals surface area (Å²) in [6, 6.07) is 2.77. The summed E-state index contributed by atoms with van der Waals surface area (Å²) in [6.07, 6.45) is 1.20. The molecule has 0 radical (unpaired) electrons. The smallest absolute Gasteiger partial charge is 0.350 e. The molecule has 130 valence electrons. The van der Waals surface area contributed by atoms with Gasteiger partial charge in [-0.1, -0.05) is 11.3 Å². The zero-order valence-electron chi connectivity index (χ0n) is 13.8. The lowest BCUT2D eigenvalue weighted by Gasteiger charge is -2.03. The summed E-state index contributed by atoms with van der Waals surface area (Å²) in [6.45, 7) is 5.29. The van der Waals surface area contributed by atoms with Crippen molar-refractivity contribution in [3.8, 4) is 0 Å². The normalized spacial score (nSPS) is 10.9. The Morgan fingerprint density at radius 1 is 1.28 bits per heavy atom. The number of ether oxygens (including phenoxy) is 1. The van der Waals surface area contributed by atoms with E-state index in [1.807, 2.05) is 0 Å². The molecule has 7 nitrogen and oxygen atoms in total. The van der Waals surface area contributed by atoms with Crippen molar-refractivity contribution in [1.82, 2.24) is 14.4 Å². The van der Waals surface area contributed by atoms with Crippen LogP contribution in [0.25, 0.3) is 5.65 Å². The van der Waals surface area contributed by atoms with Crippen molar-refractivity contribution in [3.63, 3.8) is 0 Å². The summed E-state index contributed by atoms with van der Waals surface area (Å²) in [5, 5.41) is 2.89. The van der Waals surface area contributed by atoms with Gasteiger partial charge in [-0.15, -0.1) is 0 Å². The maximum absolute atomic E-state index is 13.5. The van der Waals surface area contributed by atoms with E-state index in [0.717, 1.165) is 11.3 Å². The van der Waals surface area contributed by atoms with Gasteiger partial charge in [-0.05, 0) is 32.9 Å². The molecule has 0 spiro atoms. The first kappa shape index (κ1) is 17.0. The minimum absolute atomic E-state index is 0.208. The van der Waals surface area contributed by atoms with Crippen LogP contribution in [0.5, 0.6) is 0 Å². The molecule has 0 saturated carbocycles. The summed E-state index contributed by atoms with van der Waals surface area (Å²) >= 11 is 1.03. The number of nitrogens with zero attached hydrogens (tertiary/aromatic N) is 3. The maximum atomic E-state index is 13.5. The van der Waals surface area contributed by atoms with Gasteiger partial charge < -0.3 is 4.74 Å². The van der Waals surface area contributed by atoms with Crippen LogP contribution in [-0.4, -0.2) is 32.9 Å². The molecule has 0 aliphatic carbocycles. The van der Waals surface area contributed by atoms with Gasteiger partial charge in [0.15, 0.2) is 5.13 Å². The van der Waals surface area contributed by atoms with Gasteiger partial charge in [0.25, 0.3) is 5.91 Å². The summed E-state index contributed by atoms with van der Waals surface area (Å²) in [4.78, 5) is 33.2. The van der Waals surface area contributed by atoms with Crippen molar-refractivity contribution in [2.45, 2.75) is 20.8 Å². The Bertz CT molecular complexity index is 979. The lowest BCUT2D eigenvalue weighted by molar-refractivity contribution is 0.0531. The number of thiazole rings is 1. The summed E-state index contributed by atoms with van der Waals surface area (Å²) in [5.74, 6) is -1.44. The van der Waals surface area contributed by atoms with Crippen molar-refractivity contribution in [3.05, 3.63) is 46.1 Å². The van der Waals surface area contributed by atoms with Crippen LogP contribution in [0.1, 0.15) is 38.5 Å². The Balaban J connectivity index is 1.91. The number of pyridine rings is 1. The SMILES string of the molecule is CCOC(=O)c1sc(NC(=O)c2c(C)nc3ccc(F)cn23)nc1C. The lowest BCUT2D eigenvalue weighted by atomic mass is 10.3. The van der Waals surface area contributed by atoms with Crippen LogP contribution in [0.15, 0.2) is 18.3 Å². The number of carbonyl (C=O) groups is 2. The highest BCUT2D eigenvalue weighted by Crippen LogP contribution is 2.24. The predicted octanol–water partition coefficient (Wildman–Crippen LogP) is 2.98. The molecule has 1 N–H and O–H groups in total. The van der Waals surface area contributed by atoms with E-state index in [0.29, 0.717) is 21.9 Å². The van der Waals surface area contributed by atoms with Crippen molar-refractivity contribution >= 4 is 34.0 Å². The zero-order valence-corrected chi connectivity index (χ0v) is 14.6. The Morgan fingerprint density at radius 2 is 2.04 bits per heavy atom. The number of nitrogens with one attached hydrogen (secondary N) is 1. The molecule has 0 fully saturated rings. The van der Waals surface area contributed by atoms with Crippen LogP contribution in [0.3, 0.4) is 0 Å². The molecular weight excluding hydrogens is 347 g/mol.